The molecule has 0 saturated heterocycles. The van der Waals surface area contributed by atoms with Gasteiger partial charge in [-0.1, -0.05) is 26.7 Å². The molecule has 0 aliphatic rings. The molecule has 0 saturated carbocycles. The van der Waals surface area contributed by atoms with Crippen LogP contribution in [0.4, 0.5) is 0 Å². The van der Waals surface area contributed by atoms with E-state index in [1.165, 1.54) is 11.6 Å². The molecule has 2 N–H and O–H groups in total. The lowest BCUT2D eigenvalue weighted by Crippen LogP contribution is -2.35. The van der Waals surface area contributed by atoms with Crippen LogP contribution in [0, 0.1) is 12.8 Å². The van der Waals surface area contributed by atoms with Crippen LogP contribution in [0.2, 0.25) is 0 Å². The van der Waals surface area contributed by atoms with Crippen LogP contribution in [-0.4, -0.2) is 23.7 Å². The first kappa shape index (κ1) is 15.9. The maximum atomic E-state index is 11.6. The van der Waals surface area contributed by atoms with E-state index in [0.717, 1.165) is 17.7 Å². The van der Waals surface area contributed by atoms with Crippen molar-refractivity contribution >= 4 is 23.3 Å². The summed E-state index contributed by atoms with van der Waals surface area (Å²) in [6.07, 6.45) is 4.74. The van der Waals surface area contributed by atoms with Crippen molar-refractivity contribution in [3.05, 3.63) is 28.0 Å². The molecular formula is C15H23NO2S. The van der Waals surface area contributed by atoms with Crippen LogP contribution < -0.4 is 5.32 Å². The monoisotopic (exact) mass is 281 g/mol. The highest BCUT2D eigenvalue weighted by atomic mass is 32.1. The number of amides is 1. The minimum absolute atomic E-state index is 0.155. The Morgan fingerprint density at radius 3 is 2.68 bits per heavy atom. The summed E-state index contributed by atoms with van der Waals surface area (Å²) in [4.78, 5) is 12.7. The number of nitrogens with one attached hydrogen (secondary N) is 1. The Labute approximate surface area is 119 Å². The second-order valence-corrected chi connectivity index (χ2v) is 5.64. The molecule has 4 heteroatoms. The van der Waals surface area contributed by atoms with Gasteiger partial charge in [0.1, 0.15) is 0 Å². The quantitative estimate of drug-likeness (QED) is 0.755. The Bertz CT molecular complexity index is 422. The van der Waals surface area contributed by atoms with Gasteiger partial charge < -0.3 is 10.4 Å². The maximum absolute atomic E-state index is 11.6. The van der Waals surface area contributed by atoms with Crippen LogP contribution in [0.15, 0.2) is 17.5 Å². The van der Waals surface area contributed by atoms with Gasteiger partial charge in [0.25, 0.3) is 0 Å². The summed E-state index contributed by atoms with van der Waals surface area (Å²) in [7, 11) is 0. The van der Waals surface area contributed by atoms with E-state index in [1.807, 2.05) is 24.4 Å². The van der Waals surface area contributed by atoms with E-state index in [-0.39, 0.29) is 11.8 Å². The molecule has 1 amide bonds. The average molecular weight is 281 g/mol. The van der Waals surface area contributed by atoms with Gasteiger partial charge >= 0.3 is 0 Å². The third-order valence-electron chi connectivity index (χ3n) is 3.37. The summed E-state index contributed by atoms with van der Waals surface area (Å²) in [6.45, 7) is 6.45. The van der Waals surface area contributed by atoms with Crippen LogP contribution in [0.3, 0.4) is 0 Å². The second kappa shape index (κ2) is 8.12. The van der Waals surface area contributed by atoms with E-state index in [9.17, 15) is 9.90 Å². The molecule has 19 heavy (non-hydrogen) atoms. The van der Waals surface area contributed by atoms with Gasteiger partial charge in [0.2, 0.25) is 5.91 Å². The lowest BCUT2D eigenvalue weighted by Gasteiger charge is -2.19. The lowest BCUT2D eigenvalue weighted by atomic mass is 9.96. The van der Waals surface area contributed by atoms with Crippen molar-refractivity contribution in [2.24, 2.45) is 5.92 Å². The van der Waals surface area contributed by atoms with Crippen LogP contribution in [-0.2, 0) is 4.79 Å². The van der Waals surface area contributed by atoms with E-state index in [1.54, 1.807) is 11.3 Å². The Kier molecular flexibility index (Phi) is 6.81. The van der Waals surface area contributed by atoms with Crippen molar-refractivity contribution in [3.8, 4) is 0 Å². The fourth-order valence-corrected chi connectivity index (χ4v) is 2.79. The molecule has 0 bridgehead atoms. The number of hydrogen-bond donors (Lipinski definition) is 2. The van der Waals surface area contributed by atoms with Gasteiger partial charge in [-0.2, -0.15) is 0 Å². The first-order valence-corrected chi connectivity index (χ1v) is 7.64. The maximum Gasteiger partial charge on any atom is 0.244 e. The molecule has 0 aromatic carbocycles. The molecule has 1 unspecified atom stereocenters. The molecule has 0 aliphatic carbocycles. The van der Waals surface area contributed by atoms with E-state index < -0.39 is 6.10 Å². The molecular weight excluding hydrogens is 258 g/mol. The summed E-state index contributed by atoms with van der Waals surface area (Å²) in [6, 6.07) is 2.03. The molecule has 0 spiro atoms. The number of aryl methyl sites for hydroxylation is 1. The van der Waals surface area contributed by atoms with Crippen molar-refractivity contribution in [2.45, 2.75) is 39.7 Å². The zero-order valence-electron chi connectivity index (χ0n) is 11.8. The summed E-state index contributed by atoms with van der Waals surface area (Å²) < 4.78 is 0. The van der Waals surface area contributed by atoms with Crippen molar-refractivity contribution in [1.82, 2.24) is 5.32 Å². The molecule has 0 fully saturated rings. The smallest absolute Gasteiger partial charge is 0.244 e. The average Bonchev–Trinajstić information content (AvgIpc) is 2.81. The van der Waals surface area contributed by atoms with E-state index in [4.69, 9.17) is 0 Å². The van der Waals surface area contributed by atoms with E-state index >= 15 is 0 Å². The third kappa shape index (κ3) is 5.17. The summed E-state index contributed by atoms with van der Waals surface area (Å²) >= 11 is 1.61. The summed E-state index contributed by atoms with van der Waals surface area (Å²) in [5.41, 5.74) is 1.17. The van der Waals surface area contributed by atoms with Crippen molar-refractivity contribution in [2.75, 3.05) is 6.54 Å². The molecule has 1 aromatic heterocycles. The largest absolute Gasteiger partial charge is 0.391 e. The highest BCUT2D eigenvalue weighted by Gasteiger charge is 2.15. The number of aliphatic hydroxyl groups is 1. The fourth-order valence-electron chi connectivity index (χ4n) is 1.97. The number of carbonyl (C=O) groups excluding carboxylic acids is 1. The molecule has 106 valence electrons. The molecule has 0 aliphatic heterocycles. The number of hydrogen-bond acceptors (Lipinski definition) is 3. The summed E-state index contributed by atoms with van der Waals surface area (Å²) in [5, 5.41) is 14.7. The van der Waals surface area contributed by atoms with Gasteiger partial charge in [-0.3, -0.25) is 4.79 Å². The molecule has 3 nitrogen and oxygen atoms in total. The Morgan fingerprint density at radius 1 is 1.47 bits per heavy atom. The molecule has 1 rings (SSSR count). The Hall–Kier alpha value is -1.13. The zero-order chi connectivity index (χ0) is 14.3. The van der Waals surface area contributed by atoms with Gasteiger partial charge in [0.15, 0.2) is 0 Å². The van der Waals surface area contributed by atoms with Crippen molar-refractivity contribution in [3.63, 3.8) is 0 Å². The van der Waals surface area contributed by atoms with Crippen molar-refractivity contribution in [1.29, 1.82) is 0 Å². The minimum atomic E-state index is -0.462. The van der Waals surface area contributed by atoms with Gasteiger partial charge in [-0.05, 0) is 35.9 Å². The molecule has 1 heterocycles. The standard InChI is InChI=1S/C15H23NO2S/c1-4-12(5-2)13(17)10-16-15(18)7-6-14-11(3)8-9-19-14/h6-9,12-13,17H,4-5,10H2,1-3H3,(H,16,18)/b7-6+. The number of rotatable bonds is 7. The number of aliphatic hydroxyl groups excluding tert-OH is 1. The van der Waals surface area contributed by atoms with E-state index in [2.05, 4.69) is 19.2 Å². The van der Waals surface area contributed by atoms with Crippen LogP contribution in [0.25, 0.3) is 6.08 Å². The van der Waals surface area contributed by atoms with E-state index in [0.29, 0.717) is 6.54 Å². The third-order valence-corrected chi connectivity index (χ3v) is 4.35. The number of thiophene rings is 1. The van der Waals surface area contributed by atoms with Crippen LogP contribution >= 0.6 is 11.3 Å². The van der Waals surface area contributed by atoms with Crippen molar-refractivity contribution < 1.29 is 9.90 Å². The van der Waals surface area contributed by atoms with Crippen LogP contribution in [0.1, 0.15) is 37.1 Å². The Balaban J connectivity index is 2.40. The highest BCUT2D eigenvalue weighted by molar-refractivity contribution is 7.11. The minimum Gasteiger partial charge on any atom is -0.391 e. The van der Waals surface area contributed by atoms with Gasteiger partial charge in [-0.25, -0.2) is 0 Å². The second-order valence-electron chi connectivity index (χ2n) is 4.69. The first-order chi connectivity index (χ1) is 9.08. The molecule has 0 radical (unpaired) electrons. The number of carbonyl (C=O) groups is 1. The molecule has 1 atom stereocenters. The Morgan fingerprint density at radius 2 is 2.16 bits per heavy atom. The normalized spacial score (nSPS) is 13.1. The predicted octanol–water partition coefficient (Wildman–Crippen LogP) is 2.98. The van der Waals surface area contributed by atoms with Gasteiger partial charge in [0, 0.05) is 17.5 Å². The SMILES string of the molecule is CCC(CC)C(O)CNC(=O)/C=C/c1sccc1C. The zero-order valence-corrected chi connectivity index (χ0v) is 12.7. The topological polar surface area (TPSA) is 49.3 Å². The van der Waals surface area contributed by atoms with Gasteiger partial charge in [0.05, 0.1) is 6.10 Å². The molecule has 1 aromatic rings. The predicted molar refractivity (Wildman–Crippen MR) is 81.2 cm³/mol. The highest BCUT2D eigenvalue weighted by Crippen LogP contribution is 2.17. The first-order valence-electron chi connectivity index (χ1n) is 6.76. The lowest BCUT2D eigenvalue weighted by molar-refractivity contribution is -0.117. The van der Waals surface area contributed by atoms with Gasteiger partial charge in [-0.15, -0.1) is 11.3 Å². The van der Waals surface area contributed by atoms with Crippen LogP contribution in [0.5, 0.6) is 0 Å². The fraction of sp³-hybridized carbons (Fsp3) is 0.533. The summed E-state index contributed by atoms with van der Waals surface area (Å²) in [5.74, 6) is 0.0987.